The van der Waals surface area contributed by atoms with Gasteiger partial charge in [0.05, 0.1) is 4.47 Å². The molecule has 0 saturated heterocycles. The maximum absolute atomic E-state index is 9.23. The first-order valence-corrected chi connectivity index (χ1v) is 8.73. The minimum Gasteiger partial charge on any atom is -0.444 e. The third-order valence-corrected chi connectivity index (χ3v) is 3.72. The Morgan fingerprint density at radius 1 is 0.957 bits per heavy atom. The summed E-state index contributed by atoms with van der Waals surface area (Å²) in [5.74, 6) is 0.394. The summed E-state index contributed by atoms with van der Waals surface area (Å²) in [4.78, 5) is 0. The van der Waals surface area contributed by atoms with Gasteiger partial charge in [0.25, 0.3) is 0 Å². The van der Waals surface area contributed by atoms with Gasteiger partial charge in [0, 0.05) is 17.4 Å². The van der Waals surface area contributed by atoms with Gasteiger partial charge < -0.3 is 4.42 Å². The number of hydrogen-bond donors (Lipinski definition) is 0. The third-order valence-electron chi connectivity index (χ3n) is 3.10. The van der Waals surface area contributed by atoms with Crippen LogP contribution >= 0.6 is 15.9 Å². The molecule has 0 aliphatic heterocycles. The van der Waals surface area contributed by atoms with Gasteiger partial charge in [-0.15, -0.1) is 0 Å². The molecule has 0 atom stereocenters. The van der Waals surface area contributed by atoms with Gasteiger partial charge in [-0.25, -0.2) is 0 Å². The molecule has 3 aromatic rings. The Hall–Kier alpha value is -2.05. The molecule has 2 aromatic carbocycles. The number of nitriles is 1. The van der Waals surface area contributed by atoms with E-state index < -0.39 is 0 Å². The predicted molar refractivity (Wildman–Crippen MR) is 101 cm³/mol. The smallest absolute Gasteiger partial charge is 0.208 e. The quantitative estimate of drug-likeness (QED) is 0.501. The highest BCUT2D eigenvalue weighted by Crippen LogP contribution is 2.32. The van der Waals surface area contributed by atoms with E-state index in [0.717, 1.165) is 21.0 Å². The van der Waals surface area contributed by atoms with E-state index in [1.807, 2.05) is 64.1 Å². The maximum Gasteiger partial charge on any atom is 0.208 e. The molecular weight excluding hydrogens is 350 g/mol. The van der Waals surface area contributed by atoms with Crippen LogP contribution in [0, 0.1) is 11.3 Å². The fourth-order valence-electron chi connectivity index (χ4n) is 2.20. The second kappa shape index (κ2) is 9.86. The molecule has 0 amide bonds. The third kappa shape index (κ3) is 4.46. The van der Waals surface area contributed by atoms with Gasteiger partial charge >= 0.3 is 0 Å². The van der Waals surface area contributed by atoms with E-state index in [-0.39, 0.29) is 0 Å². The van der Waals surface area contributed by atoms with Gasteiger partial charge in [-0.3, -0.25) is 0 Å². The number of para-hydroxylation sites is 1. The van der Waals surface area contributed by atoms with E-state index >= 15 is 0 Å². The lowest BCUT2D eigenvalue weighted by molar-refractivity contribution is 0.593. The molecule has 0 unspecified atom stereocenters. The number of benzene rings is 2. The average Bonchev–Trinajstić information content (AvgIpc) is 2.99. The van der Waals surface area contributed by atoms with Crippen LogP contribution in [0.15, 0.2) is 57.4 Å². The second-order valence-corrected chi connectivity index (χ2v) is 5.15. The standard InChI is InChI=1S/C16H10BrNO.2C2H6/c17-14-8-4-7-12-13(15(10-18)19-16(12)14)9-11-5-2-1-3-6-11;2*1-2/h1-8H,9H2;2*1-2H3. The SMILES string of the molecule is CC.CC.N#Cc1oc2c(Br)cccc2c1Cc1ccccc1. The number of rotatable bonds is 2. The van der Waals surface area contributed by atoms with Crippen LogP contribution in [0.3, 0.4) is 0 Å². The lowest BCUT2D eigenvalue weighted by atomic mass is 10.0. The van der Waals surface area contributed by atoms with Gasteiger partial charge in [-0.1, -0.05) is 70.2 Å². The number of halogens is 1. The molecule has 0 bridgehead atoms. The van der Waals surface area contributed by atoms with Crippen LogP contribution in [-0.2, 0) is 6.42 Å². The molecule has 3 rings (SSSR count). The Bertz CT molecular complexity index is 769. The summed E-state index contributed by atoms with van der Waals surface area (Å²) in [7, 11) is 0. The van der Waals surface area contributed by atoms with Crippen molar-refractivity contribution in [2.45, 2.75) is 34.1 Å². The molecule has 0 saturated carbocycles. The molecule has 0 N–H and O–H groups in total. The van der Waals surface area contributed by atoms with E-state index in [4.69, 9.17) is 4.42 Å². The molecule has 0 aliphatic rings. The minimum atomic E-state index is 0.394. The fourth-order valence-corrected chi connectivity index (χ4v) is 2.65. The first kappa shape index (κ1) is 19.0. The Balaban J connectivity index is 0.000000615. The first-order valence-electron chi connectivity index (χ1n) is 7.93. The van der Waals surface area contributed by atoms with Gasteiger partial charge in [-0.2, -0.15) is 5.26 Å². The minimum absolute atomic E-state index is 0.394. The molecule has 0 aliphatic carbocycles. The van der Waals surface area contributed by atoms with Crippen molar-refractivity contribution >= 4 is 26.9 Å². The van der Waals surface area contributed by atoms with E-state index in [2.05, 4.69) is 34.1 Å². The molecule has 2 nitrogen and oxygen atoms in total. The van der Waals surface area contributed by atoms with Crippen LogP contribution in [-0.4, -0.2) is 0 Å². The molecule has 3 heteroatoms. The molecule has 0 fully saturated rings. The highest BCUT2D eigenvalue weighted by atomic mass is 79.9. The van der Waals surface area contributed by atoms with Crippen molar-refractivity contribution in [3.05, 3.63) is 69.9 Å². The largest absolute Gasteiger partial charge is 0.444 e. The van der Waals surface area contributed by atoms with Gasteiger partial charge in [-0.05, 0) is 27.6 Å². The highest BCUT2D eigenvalue weighted by Gasteiger charge is 2.15. The number of fused-ring (bicyclic) bond motifs is 1. The molecular formula is C20H22BrNO. The van der Waals surface area contributed by atoms with E-state index in [1.54, 1.807) is 0 Å². The van der Waals surface area contributed by atoms with Gasteiger partial charge in [0.2, 0.25) is 5.76 Å². The summed E-state index contributed by atoms with van der Waals surface area (Å²) >= 11 is 3.46. The van der Waals surface area contributed by atoms with Crippen LogP contribution in [0.1, 0.15) is 44.6 Å². The Labute approximate surface area is 146 Å². The molecule has 1 heterocycles. The molecule has 0 radical (unpaired) electrons. The average molecular weight is 372 g/mol. The summed E-state index contributed by atoms with van der Waals surface area (Å²) in [6.07, 6.45) is 0.702. The lowest BCUT2D eigenvalue weighted by Crippen LogP contribution is -1.89. The summed E-state index contributed by atoms with van der Waals surface area (Å²) in [6, 6.07) is 18.1. The number of nitrogens with zero attached hydrogens (tertiary/aromatic N) is 1. The fraction of sp³-hybridized carbons (Fsp3) is 0.250. The molecule has 23 heavy (non-hydrogen) atoms. The second-order valence-electron chi connectivity index (χ2n) is 4.30. The number of furan rings is 1. The lowest BCUT2D eigenvalue weighted by Gasteiger charge is -2.00. The summed E-state index contributed by atoms with van der Waals surface area (Å²) in [5.41, 5.74) is 2.86. The normalized spacial score (nSPS) is 9.22. The zero-order valence-corrected chi connectivity index (χ0v) is 15.6. The maximum atomic E-state index is 9.23. The topological polar surface area (TPSA) is 36.9 Å². The monoisotopic (exact) mass is 371 g/mol. The Kier molecular flexibility index (Phi) is 8.15. The van der Waals surface area contributed by atoms with Crippen molar-refractivity contribution in [1.29, 1.82) is 5.26 Å². The summed E-state index contributed by atoms with van der Waals surface area (Å²) in [5, 5.41) is 10.2. The Morgan fingerprint density at radius 3 is 2.22 bits per heavy atom. The molecule has 1 aromatic heterocycles. The van der Waals surface area contributed by atoms with E-state index in [0.29, 0.717) is 12.2 Å². The first-order chi connectivity index (χ1) is 11.3. The summed E-state index contributed by atoms with van der Waals surface area (Å²) in [6.45, 7) is 8.00. The van der Waals surface area contributed by atoms with Crippen molar-refractivity contribution in [2.24, 2.45) is 0 Å². The van der Waals surface area contributed by atoms with E-state index in [9.17, 15) is 5.26 Å². The van der Waals surface area contributed by atoms with Gasteiger partial charge in [0.15, 0.2) is 0 Å². The van der Waals surface area contributed by atoms with Crippen molar-refractivity contribution < 1.29 is 4.42 Å². The van der Waals surface area contributed by atoms with Crippen LogP contribution < -0.4 is 0 Å². The van der Waals surface area contributed by atoms with Crippen LogP contribution in [0.25, 0.3) is 11.0 Å². The highest BCUT2D eigenvalue weighted by molar-refractivity contribution is 9.10. The van der Waals surface area contributed by atoms with Crippen LogP contribution in [0.2, 0.25) is 0 Å². The van der Waals surface area contributed by atoms with Crippen LogP contribution in [0.4, 0.5) is 0 Å². The molecule has 0 spiro atoms. The van der Waals surface area contributed by atoms with Crippen LogP contribution in [0.5, 0.6) is 0 Å². The zero-order chi connectivity index (χ0) is 17.2. The number of hydrogen-bond acceptors (Lipinski definition) is 2. The van der Waals surface area contributed by atoms with Crippen molar-refractivity contribution in [3.63, 3.8) is 0 Å². The predicted octanol–water partition coefficient (Wildman–Crippen LogP) is 6.71. The summed E-state index contributed by atoms with van der Waals surface area (Å²) < 4.78 is 6.52. The Morgan fingerprint density at radius 2 is 1.61 bits per heavy atom. The van der Waals surface area contributed by atoms with E-state index in [1.165, 1.54) is 5.56 Å². The zero-order valence-electron chi connectivity index (χ0n) is 14.1. The molecule has 120 valence electrons. The van der Waals surface area contributed by atoms with Crippen molar-refractivity contribution in [3.8, 4) is 6.07 Å². The van der Waals surface area contributed by atoms with Crippen molar-refractivity contribution in [1.82, 2.24) is 0 Å². The van der Waals surface area contributed by atoms with Crippen molar-refractivity contribution in [2.75, 3.05) is 0 Å². The van der Waals surface area contributed by atoms with Gasteiger partial charge in [0.1, 0.15) is 11.7 Å².